The van der Waals surface area contributed by atoms with E-state index in [1.807, 2.05) is 24.3 Å². The lowest BCUT2D eigenvalue weighted by molar-refractivity contribution is -0.898. The number of carbonyl (C=O) groups is 2. The molecule has 1 aliphatic heterocycles. The topological polar surface area (TPSA) is 149 Å². The molecule has 4 rings (SSSR count). The maximum atomic E-state index is 13.3. The highest BCUT2D eigenvalue weighted by Gasteiger charge is 2.38. The van der Waals surface area contributed by atoms with Gasteiger partial charge in [-0.1, -0.05) is 30.3 Å². The van der Waals surface area contributed by atoms with Crippen molar-refractivity contribution < 1.29 is 27.2 Å². The van der Waals surface area contributed by atoms with Crippen molar-refractivity contribution in [3.8, 4) is 0 Å². The van der Waals surface area contributed by atoms with Gasteiger partial charge in [0.05, 0.1) is 67.8 Å². The fraction of sp³-hybridized carbons (Fsp3) is 0.414. The molecule has 0 spiro atoms. The first-order valence-corrected chi connectivity index (χ1v) is 13.6. The van der Waals surface area contributed by atoms with Gasteiger partial charge < -0.3 is 32.3 Å². The van der Waals surface area contributed by atoms with E-state index >= 15 is 0 Å². The first kappa shape index (κ1) is 30.4. The van der Waals surface area contributed by atoms with Crippen LogP contribution >= 0.6 is 0 Å². The van der Waals surface area contributed by atoms with Crippen LogP contribution in [0.1, 0.15) is 24.0 Å². The number of pyridine rings is 1. The summed E-state index contributed by atoms with van der Waals surface area (Å²) in [4.78, 5) is 30.7. The molecule has 8 N–H and O–H groups in total. The number of anilines is 1. The Balaban J connectivity index is 1.43. The zero-order valence-electron chi connectivity index (χ0n) is 22.9. The standard InChI is InChI=1S/C29H36F3N7O2/c1-39(16-23(34)24(35)17-39)12-4-6-22(33)27(40)38-26(13-18-8-10-20(11-9-18)29(30,31)32)28(41)37-21-14-19-5-2-3-7-25(19)36-15-21/h2-3,5,7-11,14-15,22-24,26H,4,6,12-13,16-17,33-35H2,1H3,(H-,37,38,40,41)/p+1/t22-,23-,24-,26-/m0/s1. The number of nitrogens with zero attached hydrogens (tertiary/aromatic N) is 2. The number of halogens is 3. The number of nitrogens with two attached hydrogens (primary N) is 3. The second-order valence-electron chi connectivity index (χ2n) is 11.2. The first-order chi connectivity index (χ1) is 19.3. The smallest absolute Gasteiger partial charge is 0.343 e. The molecule has 1 aromatic heterocycles. The molecule has 9 nitrogen and oxygen atoms in total. The van der Waals surface area contributed by atoms with E-state index in [-0.39, 0.29) is 18.5 Å². The quantitative estimate of drug-likeness (QED) is 0.235. The average Bonchev–Trinajstić information content (AvgIpc) is 3.18. The van der Waals surface area contributed by atoms with Crippen molar-refractivity contribution in [1.82, 2.24) is 10.3 Å². The van der Waals surface area contributed by atoms with Gasteiger partial charge >= 0.3 is 6.18 Å². The molecule has 2 heterocycles. The summed E-state index contributed by atoms with van der Waals surface area (Å²) < 4.78 is 39.8. The van der Waals surface area contributed by atoms with Gasteiger partial charge in [-0.05, 0) is 42.7 Å². The summed E-state index contributed by atoms with van der Waals surface area (Å²) in [5, 5.41) is 6.28. The van der Waals surface area contributed by atoms with Crippen molar-refractivity contribution in [2.45, 2.75) is 49.6 Å². The van der Waals surface area contributed by atoms with Crippen molar-refractivity contribution in [1.29, 1.82) is 0 Å². The number of para-hydroxylation sites is 1. The SMILES string of the molecule is C[N+]1(CCC[C@H](N)C(=O)N[C@@H](Cc2ccc(C(F)(F)F)cc2)C(=O)Nc2cnc3ccccc3c2)C[C@H](N)[C@@H](N)C1. The fourth-order valence-electron chi connectivity index (χ4n) is 5.29. The van der Waals surface area contributed by atoms with Gasteiger partial charge in [-0.2, -0.15) is 13.2 Å². The Morgan fingerprint density at radius 3 is 2.37 bits per heavy atom. The number of quaternary nitrogens is 1. The van der Waals surface area contributed by atoms with E-state index in [0.29, 0.717) is 28.6 Å². The summed E-state index contributed by atoms with van der Waals surface area (Å²) in [7, 11) is 2.07. The fourth-order valence-corrected chi connectivity index (χ4v) is 5.29. The largest absolute Gasteiger partial charge is 0.416 e. The second kappa shape index (κ2) is 12.5. The van der Waals surface area contributed by atoms with Gasteiger partial charge in [0.15, 0.2) is 0 Å². The molecule has 1 aliphatic rings. The molecule has 220 valence electrons. The van der Waals surface area contributed by atoms with Crippen LogP contribution in [0.25, 0.3) is 10.9 Å². The molecule has 0 bridgehead atoms. The summed E-state index contributed by atoms with van der Waals surface area (Å²) in [5.74, 6) is -1.06. The normalized spacial score (nSPS) is 20.0. The number of rotatable bonds is 10. The number of fused-ring (bicyclic) bond motifs is 1. The Morgan fingerprint density at radius 1 is 1.05 bits per heavy atom. The van der Waals surface area contributed by atoms with Crippen molar-refractivity contribution in [3.05, 3.63) is 71.9 Å². The third kappa shape index (κ3) is 8.00. The van der Waals surface area contributed by atoms with Crippen LogP contribution in [0.2, 0.25) is 0 Å². The molecule has 41 heavy (non-hydrogen) atoms. The summed E-state index contributed by atoms with van der Waals surface area (Å²) in [6.07, 6.45) is -1.98. The molecule has 4 atom stereocenters. The van der Waals surface area contributed by atoms with Gasteiger partial charge in [0.25, 0.3) is 0 Å². The summed E-state index contributed by atoms with van der Waals surface area (Å²) >= 11 is 0. The van der Waals surface area contributed by atoms with Crippen LogP contribution in [-0.4, -0.2) is 72.1 Å². The number of hydrogen-bond donors (Lipinski definition) is 5. The molecular weight excluding hydrogens is 535 g/mol. The van der Waals surface area contributed by atoms with Gasteiger partial charge in [0.2, 0.25) is 11.8 Å². The van der Waals surface area contributed by atoms with Crippen molar-refractivity contribution in [3.63, 3.8) is 0 Å². The molecule has 12 heteroatoms. The zero-order valence-corrected chi connectivity index (χ0v) is 22.9. The number of benzene rings is 2. The Kier molecular flexibility index (Phi) is 9.27. The maximum Gasteiger partial charge on any atom is 0.416 e. The zero-order chi connectivity index (χ0) is 29.8. The molecular formula is C29H37F3N7O2+. The van der Waals surface area contributed by atoms with E-state index < -0.39 is 35.6 Å². The molecule has 2 aromatic carbocycles. The van der Waals surface area contributed by atoms with Gasteiger partial charge in [0, 0.05) is 11.8 Å². The van der Waals surface area contributed by atoms with E-state index in [9.17, 15) is 22.8 Å². The molecule has 1 fully saturated rings. The van der Waals surface area contributed by atoms with Crippen molar-refractivity contribution in [2.24, 2.45) is 17.2 Å². The minimum atomic E-state index is -4.48. The summed E-state index contributed by atoms with van der Waals surface area (Å²) in [6, 6.07) is 11.5. The lowest BCUT2D eigenvalue weighted by Crippen LogP contribution is -2.51. The van der Waals surface area contributed by atoms with Crippen LogP contribution in [0.5, 0.6) is 0 Å². The highest BCUT2D eigenvalue weighted by atomic mass is 19.4. The average molecular weight is 573 g/mol. The highest BCUT2D eigenvalue weighted by molar-refractivity contribution is 5.99. The molecule has 0 radical (unpaired) electrons. The van der Waals surface area contributed by atoms with Gasteiger partial charge in [0.1, 0.15) is 6.04 Å². The number of alkyl halides is 3. The number of likely N-dealkylation sites (tertiary alicyclic amines) is 1. The molecule has 1 saturated heterocycles. The third-order valence-electron chi connectivity index (χ3n) is 7.62. The Hall–Kier alpha value is -3.58. The van der Waals surface area contributed by atoms with Crippen LogP contribution in [-0.2, 0) is 22.2 Å². The number of hydrogen-bond acceptors (Lipinski definition) is 6. The lowest BCUT2D eigenvalue weighted by Gasteiger charge is -2.30. The van der Waals surface area contributed by atoms with Crippen LogP contribution < -0.4 is 27.8 Å². The van der Waals surface area contributed by atoms with E-state index in [1.54, 1.807) is 6.07 Å². The Labute approximate surface area is 236 Å². The molecule has 0 unspecified atom stereocenters. The number of likely N-dealkylation sites (N-methyl/N-ethyl adjacent to an activating group) is 1. The predicted octanol–water partition coefficient (Wildman–Crippen LogP) is 2.14. The Bertz CT molecular complexity index is 1360. The minimum Gasteiger partial charge on any atom is -0.343 e. The van der Waals surface area contributed by atoms with Crippen LogP contribution in [0.4, 0.5) is 18.9 Å². The lowest BCUT2D eigenvalue weighted by atomic mass is 10.0. The first-order valence-electron chi connectivity index (χ1n) is 13.6. The number of carbonyl (C=O) groups excluding carboxylic acids is 2. The van der Waals surface area contributed by atoms with Crippen LogP contribution in [0.15, 0.2) is 60.8 Å². The molecule has 2 amide bonds. The molecule has 3 aromatic rings. The maximum absolute atomic E-state index is 13.3. The van der Waals surface area contributed by atoms with Crippen molar-refractivity contribution in [2.75, 3.05) is 32.0 Å². The summed E-state index contributed by atoms with van der Waals surface area (Å²) in [5.41, 5.74) is 19.1. The molecule has 0 aliphatic carbocycles. The summed E-state index contributed by atoms with van der Waals surface area (Å²) in [6.45, 7) is 2.26. The number of nitrogens with one attached hydrogen (secondary N) is 2. The van der Waals surface area contributed by atoms with E-state index in [4.69, 9.17) is 17.2 Å². The number of amides is 2. The Morgan fingerprint density at radius 2 is 1.71 bits per heavy atom. The van der Waals surface area contributed by atoms with E-state index in [2.05, 4.69) is 22.7 Å². The van der Waals surface area contributed by atoms with Gasteiger partial charge in [-0.15, -0.1) is 0 Å². The minimum absolute atomic E-state index is 0.0336. The highest BCUT2D eigenvalue weighted by Crippen LogP contribution is 2.29. The van der Waals surface area contributed by atoms with E-state index in [1.165, 1.54) is 18.3 Å². The van der Waals surface area contributed by atoms with Gasteiger partial charge in [-0.25, -0.2) is 0 Å². The molecule has 0 saturated carbocycles. The van der Waals surface area contributed by atoms with E-state index in [0.717, 1.165) is 42.7 Å². The number of aromatic nitrogens is 1. The monoisotopic (exact) mass is 572 g/mol. The van der Waals surface area contributed by atoms with Crippen molar-refractivity contribution >= 4 is 28.4 Å². The van der Waals surface area contributed by atoms with Crippen LogP contribution in [0, 0.1) is 0 Å². The second-order valence-corrected chi connectivity index (χ2v) is 11.2. The van der Waals surface area contributed by atoms with Crippen LogP contribution in [0.3, 0.4) is 0 Å². The third-order valence-corrected chi connectivity index (χ3v) is 7.62. The predicted molar refractivity (Wildman–Crippen MR) is 151 cm³/mol. The van der Waals surface area contributed by atoms with Gasteiger partial charge in [-0.3, -0.25) is 14.6 Å².